The van der Waals surface area contributed by atoms with Crippen LogP contribution < -0.4 is 24.4 Å². The molecule has 41 heavy (non-hydrogen) atoms. The van der Waals surface area contributed by atoms with Gasteiger partial charge in [-0.15, -0.1) is 10.2 Å². The molecule has 0 aliphatic carbocycles. The summed E-state index contributed by atoms with van der Waals surface area (Å²) in [5.41, 5.74) is 4.65. The molecule has 0 spiro atoms. The molecule has 4 rings (SSSR count). The molecule has 3 aromatic carbocycles. The number of esters is 1. The Hall–Kier alpha value is -4.55. The first-order chi connectivity index (χ1) is 19.8. The lowest BCUT2D eigenvalue weighted by molar-refractivity contribution is -0.132. The number of halogens is 1. The third-order valence-corrected chi connectivity index (χ3v) is 6.71. The van der Waals surface area contributed by atoms with Gasteiger partial charge in [-0.2, -0.15) is 5.10 Å². The topological polar surface area (TPSA) is 126 Å². The van der Waals surface area contributed by atoms with E-state index >= 15 is 0 Å². The molecule has 13 heteroatoms. The van der Waals surface area contributed by atoms with Gasteiger partial charge in [0.2, 0.25) is 5.75 Å². The molecule has 4 aromatic rings. The van der Waals surface area contributed by atoms with Crippen molar-refractivity contribution in [3.05, 3.63) is 71.2 Å². The van der Waals surface area contributed by atoms with Gasteiger partial charge in [-0.3, -0.25) is 14.2 Å². The molecule has 0 saturated heterocycles. The van der Waals surface area contributed by atoms with Gasteiger partial charge in [0.1, 0.15) is 5.75 Å². The zero-order chi connectivity index (χ0) is 29.4. The SMILES string of the molecule is COc1ccc(-c2nnc(SCC(=O)NN=Cc3cc(OC)c(OC(C)=O)c(OC)c3)n2-c2ccc(Cl)cc2)cc1. The quantitative estimate of drug-likeness (QED) is 0.0856. The number of nitrogens with zero attached hydrogens (tertiary/aromatic N) is 4. The number of ether oxygens (including phenoxy) is 4. The van der Waals surface area contributed by atoms with Crippen LogP contribution in [0.2, 0.25) is 5.02 Å². The van der Waals surface area contributed by atoms with Gasteiger partial charge in [-0.05, 0) is 60.7 Å². The van der Waals surface area contributed by atoms with E-state index in [4.69, 9.17) is 30.5 Å². The molecule has 0 aliphatic rings. The molecule has 0 bridgehead atoms. The Bertz CT molecular complexity index is 1530. The molecule has 11 nitrogen and oxygen atoms in total. The van der Waals surface area contributed by atoms with Gasteiger partial charge in [0.15, 0.2) is 22.5 Å². The number of hydrazone groups is 1. The van der Waals surface area contributed by atoms with Gasteiger partial charge in [0.25, 0.3) is 5.91 Å². The Kier molecular flexibility index (Phi) is 9.82. The standard InChI is InChI=1S/C28H26ClN5O6S/c1-17(35)40-26-23(38-3)13-18(14-24(26)39-4)15-30-31-25(36)16-41-28-33-32-27(19-5-11-22(37-2)12-6-19)34(28)21-9-7-20(29)8-10-21/h5-15H,16H2,1-4H3,(H,31,36). The van der Waals surface area contributed by atoms with Crippen LogP contribution in [0.5, 0.6) is 23.0 Å². The summed E-state index contributed by atoms with van der Waals surface area (Å²) >= 11 is 7.30. The molecule has 0 atom stereocenters. The largest absolute Gasteiger partial charge is 0.497 e. The summed E-state index contributed by atoms with van der Waals surface area (Å²) in [7, 11) is 4.47. The lowest BCUT2D eigenvalue weighted by atomic mass is 10.2. The number of thioether (sulfide) groups is 1. The van der Waals surface area contributed by atoms with E-state index < -0.39 is 5.97 Å². The van der Waals surface area contributed by atoms with Gasteiger partial charge in [0.05, 0.1) is 33.3 Å². The molecule has 0 radical (unpaired) electrons. The van der Waals surface area contributed by atoms with Crippen LogP contribution in [0.1, 0.15) is 12.5 Å². The molecule has 1 heterocycles. The summed E-state index contributed by atoms with van der Waals surface area (Å²) in [6, 6.07) is 17.9. The van der Waals surface area contributed by atoms with E-state index in [1.165, 1.54) is 39.1 Å². The van der Waals surface area contributed by atoms with E-state index in [-0.39, 0.29) is 28.9 Å². The Labute approximate surface area is 245 Å². The Morgan fingerprint density at radius 3 is 2.22 bits per heavy atom. The van der Waals surface area contributed by atoms with Crippen molar-refractivity contribution in [1.82, 2.24) is 20.2 Å². The number of carbonyl (C=O) groups excluding carboxylic acids is 2. The highest BCUT2D eigenvalue weighted by molar-refractivity contribution is 7.99. The average Bonchev–Trinajstić information content (AvgIpc) is 3.40. The zero-order valence-electron chi connectivity index (χ0n) is 22.6. The second-order valence-corrected chi connectivity index (χ2v) is 9.66. The minimum atomic E-state index is -0.518. The minimum absolute atomic E-state index is 0.0176. The maximum Gasteiger partial charge on any atom is 0.308 e. The summed E-state index contributed by atoms with van der Waals surface area (Å²) < 4.78 is 22.9. The van der Waals surface area contributed by atoms with Crippen molar-refractivity contribution in [1.29, 1.82) is 0 Å². The molecular formula is C28H26ClN5O6S. The first kappa shape index (κ1) is 29.4. The van der Waals surface area contributed by atoms with Gasteiger partial charge >= 0.3 is 5.97 Å². The molecule has 0 unspecified atom stereocenters. The summed E-state index contributed by atoms with van der Waals surface area (Å²) in [4.78, 5) is 24.1. The number of amides is 1. The van der Waals surface area contributed by atoms with Crippen LogP contribution in [-0.2, 0) is 9.59 Å². The predicted octanol–water partition coefficient (Wildman–Crippen LogP) is 4.78. The highest BCUT2D eigenvalue weighted by atomic mass is 35.5. The Balaban J connectivity index is 1.49. The number of methoxy groups -OCH3 is 3. The van der Waals surface area contributed by atoms with Crippen molar-refractivity contribution in [3.8, 4) is 40.1 Å². The van der Waals surface area contributed by atoms with Crippen molar-refractivity contribution < 1.29 is 28.5 Å². The monoisotopic (exact) mass is 595 g/mol. The first-order valence-corrected chi connectivity index (χ1v) is 13.4. The van der Waals surface area contributed by atoms with Crippen LogP contribution in [-0.4, -0.2) is 59.9 Å². The summed E-state index contributed by atoms with van der Waals surface area (Å²) in [6.45, 7) is 1.28. The Morgan fingerprint density at radius 2 is 1.63 bits per heavy atom. The highest BCUT2D eigenvalue weighted by Gasteiger charge is 2.18. The maximum atomic E-state index is 12.6. The van der Waals surface area contributed by atoms with Crippen LogP contribution in [0.15, 0.2) is 70.9 Å². The average molecular weight is 596 g/mol. The van der Waals surface area contributed by atoms with Crippen LogP contribution in [0.3, 0.4) is 0 Å². The van der Waals surface area contributed by atoms with Crippen molar-refractivity contribution in [2.45, 2.75) is 12.1 Å². The number of hydrogen-bond donors (Lipinski definition) is 1. The fraction of sp³-hybridized carbons (Fsp3) is 0.179. The molecule has 0 saturated carbocycles. The lowest BCUT2D eigenvalue weighted by Gasteiger charge is -2.13. The number of aromatic nitrogens is 3. The number of rotatable bonds is 11. The summed E-state index contributed by atoms with van der Waals surface area (Å²) in [5.74, 6) is 1.15. The van der Waals surface area contributed by atoms with E-state index in [1.807, 2.05) is 41.0 Å². The van der Waals surface area contributed by atoms with E-state index in [1.54, 1.807) is 31.4 Å². The third-order valence-electron chi connectivity index (χ3n) is 5.53. The number of benzene rings is 3. The molecule has 1 N–H and O–H groups in total. The van der Waals surface area contributed by atoms with Gasteiger partial charge in [-0.1, -0.05) is 23.4 Å². The molecular weight excluding hydrogens is 570 g/mol. The van der Waals surface area contributed by atoms with E-state index in [0.29, 0.717) is 21.6 Å². The molecule has 1 amide bonds. The van der Waals surface area contributed by atoms with Crippen LogP contribution in [0.25, 0.3) is 17.1 Å². The van der Waals surface area contributed by atoms with Crippen molar-refractivity contribution >= 4 is 41.5 Å². The van der Waals surface area contributed by atoms with E-state index in [2.05, 4.69) is 20.7 Å². The van der Waals surface area contributed by atoms with Crippen molar-refractivity contribution in [3.63, 3.8) is 0 Å². The van der Waals surface area contributed by atoms with Crippen LogP contribution in [0, 0.1) is 0 Å². The van der Waals surface area contributed by atoms with Gasteiger partial charge < -0.3 is 18.9 Å². The number of hydrogen-bond acceptors (Lipinski definition) is 10. The smallest absolute Gasteiger partial charge is 0.308 e. The first-order valence-electron chi connectivity index (χ1n) is 12.1. The highest BCUT2D eigenvalue weighted by Crippen LogP contribution is 2.38. The zero-order valence-corrected chi connectivity index (χ0v) is 24.2. The molecule has 1 aromatic heterocycles. The number of nitrogens with one attached hydrogen (secondary N) is 1. The predicted molar refractivity (Wildman–Crippen MR) is 156 cm³/mol. The lowest BCUT2D eigenvalue weighted by Crippen LogP contribution is -2.20. The third kappa shape index (κ3) is 7.35. The van der Waals surface area contributed by atoms with Gasteiger partial charge in [0, 0.05) is 28.8 Å². The molecule has 212 valence electrons. The fourth-order valence-electron chi connectivity index (χ4n) is 3.67. The van der Waals surface area contributed by atoms with Crippen LogP contribution >= 0.6 is 23.4 Å². The maximum absolute atomic E-state index is 12.6. The van der Waals surface area contributed by atoms with Crippen LogP contribution in [0.4, 0.5) is 0 Å². The van der Waals surface area contributed by atoms with E-state index in [9.17, 15) is 9.59 Å². The summed E-state index contributed by atoms with van der Waals surface area (Å²) in [5, 5.41) is 13.8. The minimum Gasteiger partial charge on any atom is -0.497 e. The van der Waals surface area contributed by atoms with Crippen molar-refractivity contribution in [2.75, 3.05) is 27.1 Å². The number of carbonyl (C=O) groups is 2. The normalized spacial score (nSPS) is 10.9. The van der Waals surface area contributed by atoms with Crippen molar-refractivity contribution in [2.24, 2.45) is 5.10 Å². The second kappa shape index (κ2) is 13.7. The Morgan fingerprint density at radius 1 is 0.976 bits per heavy atom. The summed E-state index contributed by atoms with van der Waals surface area (Å²) in [6.07, 6.45) is 1.42. The second-order valence-electron chi connectivity index (χ2n) is 8.28. The molecule has 0 aliphatic heterocycles. The molecule has 0 fully saturated rings. The van der Waals surface area contributed by atoms with Gasteiger partial charge in [-0.25, -0.2) is 5.43 Å². The fourth-order valence-corrected chi connectivity index (χ4v) is 4.54. The van der Waals surface area contributed by atoms with E-state index in [0.717, 1.165) is 17.0 Å².